The first-order chi connectivity index (χ1) is 13.9. The van der Waals surface area contributed by atoms with Gasteiger partial charge in [0, 0.05) is 37.4 Å². The van der Waals surface area contributed by atoms with Crippen molar-refractivity contribution in [1.82, 2.24) is 29.1 Å². The van der Waals surface area contributed by atoms with E-state index in [1.54, 1.807) is 72.2 Å². The van der Waals surface area contributed by atoms with Crippen LogP contribution in [-0.4, -0.2) is 37.5 Å². The van der Waals surface area contributed by atoms with Gasteiger partial charge in [0.1, 0.15) is 23.7 Å². The number of anilines is 1. The molecule has 0 atom stereocenters. The highest BCUT2D eigenvalue weighted by atomic mass is 32.2. The zero-order chi connectivity index (χ0) is 20.4. The quantitative estimate of drug-likeness (QED) is 0.517. The Kier molecular flexibility index (Phi) is 4.72. The van der Waals surface area contributed by atoms with E-state index in [0.29, 0.717) is 29.0 Å². The number of hydrogen-bond acceptors (Lipinski definition) is 7. The SMILES string of the molecule is Cc1nc(Oc2ccc(NS(=O)(=O)c3cn(C)cn3)cc2)cc(-n2ccnc2)n1. The van der Waals surface area contributed by atoms with Gasteiger partial charge in [-0.15, -0.1) is 0 Å². The fourth-order valence-corrected chi connectivity index (χ4v) is 3.59. The summed E-state index contributed by atoms with van der Waals surface area (Å²) in [7, 11) is -2.05. The Morgan fingerprint density at radius 3 is 2.55 bits per heavy atom. The molecule has 3 aromatic heterocycles. The molecule has 0 spiro atoms. The van der Waals surface area contributed by atoms with Gasteiger partial charge in [-0.25, -0.2) is 15.0 Å². The summed E-state index contributed by atoms with van der Waals surface area (Å²) in [5.41, 5.74) is 0.390. The van der Waals surface area contributed by atoms with E-state index >= 15 is 0 Å². The number of nitrogens with zero attached hydrogens (tertiary/aromatic N) is 6. The lowest BCUT2D eigenvalue weighted by Crippen LogP contribution is -2.13. The van der Waals surface area contributed by atoms with E-state index in [0.717, 1.165) is 0 Å². The topological polar surface area (TPSA) is 117 Å². The van der Waals surface area contributed by atoms with Crippen molar-refractivity contribution in [2.75, 3.05) is 4.72 Å². The molecule has 148 valence electrons. The number of rotatable bonds is 6. The van der Waals surface area contributed by atoms with Crippen molar-refractivity contribution in [2.45, 2.75) is 11.9 Å². The summed E-state index contributed by atoms with van der Waals surface area (Å²) in [6.07, 6.45) is 7.91. The standard InChI is InChI=1S/C18H17N7O3S/c1-13-21-16(25-8-7-19-11-25)9-17(22-13)28-15-5-3-14(4-6-15)23-29(26,27)18-10-24(2)12-20-18/h3-12,23H,1-2H3. The van der Waals surface area contributed by atoms with E-state index in [1.165, 1.54) is 12.5 Å². The van der Waals surface area contributed by atoms with Crippen molar-refractivity contribution >= 4 is 15.7 Å². The van der Waals surface area contributed by atoms with Gasteiger partial charge in [0.25, 0.3) is 10.0 Å². The number of nitrogens with one attached hydrogen (secondary N) is 1. The first kappa shape index (κ1) is 18.6. The number of aryl methyl sites for hydroxylation is 2. The zero-order valence-electron chi connectivity index (χ0n) is 15.6. The molecule has 1 N–H and O–H groups in total. The Hall–Kier alpha value is -3.73. The molecule has 11 heteroatoms. The molecule has 0 radical (unpaired) electrons. The summed E-state index contributed by atoms with van der Waals surface area (Å²) in [5, 5.41) is -0.0520. The highest BCUT2D eigenvalue weighted by Crippen LogP contribution is 2.24. The van der Waals surface area contributed by atoms with Gasteiger partial charge in [-0.1, -0.05) is 0 Å². The number of benzene rings is 1. The van der Waals surface area contributed by atoms with Gasteiger partial charge >= 0.3 is 0 Å². The molecule has 3 heterocycles. The Labute approximate surface area is 166 Å². The van der Waals surface area contributed by atoms with Crippen LogP contribution in [0.5, 0.6) is 11.6 Å². The van der Waals surface area contributed by atoms with Gasteiger partial charge < -0.3 is 9.30 Å². The number of sulfonamides is 1. The van der Waals surface area contributed by atoms with E-state index in [1.807, 2.05) is 0 Å². The van der Waals surface area contributed by atoms with Gasteiger partial charge in [-0.3, -0.25) is 9.29 Å². The van der Waals surface area contributed by atoms with Crippen molar-refractivity contribution in [2.24, 2.45) is 7.05 Å². The number of imidazole rings is 2. The minimum Gasteiger partial charge on any atom is -0.439 e. The minimum absolute atomic E-state index is 0.0520. The molecule has 0 amide bonds. The molecule has 4 rings (SSSR count). The highest BCUT2D eigenvalue weighted by Gasteiger charge is 2.17. The van der Waals surface area contributed by atoms with Crippen molar-refractivity contribution < 1.29 is 13.2 Å². The Morgan fingerprint density at radius 1 is 1.10 bits per heavy atom. The molecule has 0 saturated carbocycles. The molecule has 0 bridgehead atoms. The molecule has 0 saturated heterocycles. The van der Waals surface area contributed by atoms with E-state index < -0.39 is 10.0 Å². The lowest BCUT2D eigenvalue weighted by Gasteiger charge is -2.09. The van der Waals surface area contributed by atoms with Crippen LogP contribution < -0.4 is 9.46 Å². The Balaban J connectivity index is 1.50. The van der Waals surface area contributed by atoms with Crippen molar-refractivity contribution in [3.63, 3.8) is 0 Å². The normalized spacial score (nSPS) is 11.4. The summed E-state index contributed by atoms with van der Waals surface area (Å²) < 4.78 is 36.3. The monoisotopic (exact) mass is 411 g/mol. The van der Waals surface area contributed by atoms with Gasteiger partial charge in [-0.05, 0) is 31.2 Å². The maximum absolute atomic E-state index is 12.3. The summed E-state index contributed by atoms with van der Waals surface area (Å²) in [5.74, 6) is 2.04. The summed E-state index contributed by atoms with van der Waals surface area (Å²) in [4.78, 5) is 16.5. The minimum atomic E-state index is -3.75. The third kappa shape index (κ3) is 4.24. The lowest BCUT2D eigenvalue weighted by molar-refractivity contribution is 0.459. The molecule has 1 aromatic carbocycles. The molecule has 0 aliphatic heterocycles. The highest BCUT2D eigenvalue weighted by molar-refractivity contribution is 7.92. The van der Waals surface area contributed by atoms with E-state index in [4.69, 9.17) is 4.74 Å². The van der Waals surface area contributed by atoms with E-state index in [2.05, 4.69) is 24.7 Å². The first-order valence-corrected chi connectivity index (χ1v) is 10.00. The summed E-state index contributed by atoms with van der Waals surface area (Å²) in [6, 6.07) is 8.17. The zero-order valence-corrected chi connectivity index (χ0v) is 16.4. The second-order valence-corrected chi connectivity index (χ2v) is 7.82. The van der Waals surface area contributed by atoms with Crippen molar-refractivity contribution in [1.29, 1.82) is 0 Å². The fraction of sp³-hybridized carbons (Fsp3) is 0.111. The lowest BCUT2D eigenvalue weighted by atomic mass is 10.3. The fourth-order valence-electron chi connectivity index (χ4n) is 2.55. The Morgan fingerprint density at radius 2 is 1.90 bits per heavy atom. The molecular formula is C18H17N7O3S. The van der Waals surface area contributed by atoms with Gasteiger partial charge in [0.2, 0.25) is 5.88 Å². The van der Waals surface area contributed by atoms with Crippen molar-refractivity contribution in [3.05, 3.63) is 67.4 Å². The molecule has 0 aliphatic rings. The van der Waals surface area contributed by atoms with Crippen LogP contribution >= 0.6 is 0 Å². The molecule has 0 fully saturated rings. The second kappa shape index (κ2) is 7.36. The van der Waals surface area contributed by atoms with E-state index in [9.17, 15) is 8.42 Å². The average Bonchev–Trinajstić information content (AvgIpc) is 3.35. The molecule has 29 heavy (non-hydrogen) atoms. The summed E-state index contributed by atoms with van der Waals surface area (Å²) in [6.45, 7) is 1.77. The van der Waals surface area contributed by atoms with Crippen LogP contribution in [0.1, 0.15) is 5.82 Å². The molecule has 10 nitrogen and oxygen atoms in total. The van der Waals surface area contributed by atoms with Crippen molar-refractivity contribution in [3.8, 4) is 17.4 Å². The van der Waals surface area contributed by atoms with Crippen LogP contribution in [-0.2, 0) is 17.1 Å². The third-order valence-electron chi connectivity index (χ3n) is 3.86. The van der Waals surface area contributed by atoms with Gasteiger partial charge in [0.05, 0.1) is 6.33 Å². The van der Waals surface area contributed by atoms with Crippen LogP contribution in [0.3, 0.4) is 0 Å². The first-order valence-electron chi connectivity index (χ1n) is 8.52. The molecule has 4 aromatic rings. The molecular weight excluding hydrogens is 394 g/mol. The van der Waals surface area contributed by atoms with Gasteiger partial charge in [0.15, 0.2) is 5.03 Å². The largest absolute Gasteiger partial charge is 0.439 e. The predicted octanol–water partition coefficient (Wildman–Crippen LogP) is 2.30. The maximum atomic E-state index is 12.3. The van der Waals surface area contributed by atoms with Crippen LogP contribution in [0.15, 0.2) is 66.6 Å². The summed E-state index contributed by atoms with van der Waals surface area (Å²) >= 11 is 0. The van der Waals surface area contributed by atoms with Crippen LogP contribution in [0.25, 0.3) is 5.82 Å². The molecule has 0 aliphatic carbocycles. The number of hydrogen-bond donors (Lipinski definition) is 1. The van der Waals surface area contributed by atoms with Gasteiger partial charge in [-0.2, -0.15) is 13.4 Å². The smallest absolute Gasteiger partial charge is 0.280 e. The maximum Gasteiger partial charge on any atom is 0.280 e. The van der Waals surface area contributed by atoms with E-state index in [-0.39, 0.29) is 5.03 Å². The van der Waals surface area contributed by atoms with Crippen LogP contribution in [0.4, 0.5) is 5.69 Å². The Bertz CT molecular complexity index is 1230. The predicted molar refractivity (Wildman–Crippen MR) is 104 cm³/mol. The molecule has 0 unspecified atom stereocenters. The number of ether oxygens (including phenoxy) is 1. The van der Waals surface area contributed by atoms with Crippen LogP contribution in [0.2, 0.25) is 0 Å². The number of aromatic nitrogens is 6. The van der Waals surface area contributed by atoms with Crippen LogP contribution in [0, 0.1) is 6.92 Å². The second-order valence-electron chi connectivity index (χ2n) is 6.19. The average molecular weight is 411 g/mol. The third-order valence-corrected chi connectivity index (χ3v) is 5.12.